The number of esters is 1. The van der Waals surface area contributed by atoms with Crippen molar-refractivity contribution in [2.24, 2.45) is 5.92 Å². The van der Waals surface area contributed by atoms with Gasteiger partial charge in [-0.05, 0) is 17.5 Å². The third kappa shape index (κ3) is 3.57. The Morgan fingerprint density at radius 1 is 1.59 bits per heavy atom. The molecule has 1 atom stereocenters. The first kappa shape index (κ1) is 13.7. The highest BCUT2D eigenvalue weighted by Gasteiger charge is 2.19. The molecule has 1 aromatic rings. The smallest absolute Gasteiger partial charge is 0.344 e. The van der Waals surface area contributed by atoms with Gasteiger partial charge >= 0.3 is 5.97 Å². The van der Waals surface area contributed by atoms with Crippen molar-refractivity contribution in [1.29, 1.82) is 0 Å². The van der Waals surface area contributed by atoms with Crippen molar-refractivity contribution in [3.05, 3.63) is 5.56 Å². The molecule has 0 aliphatic carbocycles. The lowest BCUT2D eigenvalue weighted by Gasteiger charge is -2.11. The molecule has 17 heavy (non-hydrogen) atoms. The number of anilines is 2. The van der Waals surface area contributed by atoms with E-state index in [-0.39, 0.29) is 5.82 Å². The quantitative estimate of drug-likeness (QED) is 0.747. The van der Waals surface area contributed by atoms with E-state index in [9.17, 15) is 4.79 Å². The number of rotatable bonds is 6. The maximum atomic E-state index is 11.5. The molecular formula is C10H17N3O3S. The molecule has 0 radical (unpaired) electrons. The highest BCUT2D eigenvalue weighted by molar-refractivity contribution is 7.11. The summed E-state index contributed by atoms with van der Waals surface area (Å²) in [5.41, 5.74) is 5.92. The van der Waals surface area contributed by atoms with Crippen molar-refractivity contribution in [1.82, 2.24) is 4.37 Å². The second kappa shape index (κ2) is 6.41. The molecule has 3 N–H and O–H groups in total. The van der Waals surface area contributed by atoms with Crippen molar-refractivity contribution >= 4 is 28.3 Å². The third-order valence-corrected chi connectivity index (χ3v) is 2.99. The van der Waals surface area contributed by atoms with Gasteiger partial charge in [0.1, 0.15) is 10.6 Å². The number of aromatic nitrogens is 1. The number of carbonyl (C=O) groups is 1. The SMILES string of the molecule is COCC(C)CNc1snc(N)c1C(=O)OC. The van der Waals surface area contributed by atoms with Gasteiger partial charge in [0.05, 0.1) is 13.7 Å². The minimum Gasteiger partial charge on any atom is -0.465 e. The molecule has 0 fully saturated rings. The van der Waals surface area contributed by atoms with Gasteiger partial charge in [0.25, 0.3) is 0 Å². The number of hydrogen-bond donors (Lipinski definition) is 2. The molecular weight excluding hydrogens is 242 g/mol. The normalized spacial score (nSPS) is 12.2. The Balaban J connectivity index is 2.68. The maximum absolute atomic E-state index is 11.5. The molecule has 0 bridgehead atoms. The summed E-state index contributed by atoms with van der Waals surface area (Å²) < 4.78 is 13.6. The van der Waals surface area contributed by atoms with Gasteiger partial charge in [-0.2, -0.15) is 4.37 Å². The standard InChI is InChI=1S/C10H17N3O3S/c1-6(5-15-2)4-12-9-7(10(14)16-3)8(11)13-17-9/h6,12H,4-5H2,1-3H3,(H2,11,13). The van der Waals surface area contributed by atoms with E-state index in [1.54, 1.807) is 7.11 Å². The summed E-state index contributed by atoms with van der Waals surface area (Å²) >= 11 is 1.15. The topological polar surface area (TPSA) is 86.5 Å². The number of ether oxygens (including phenoxy) is 2. The minimum atomic E-state index is -0.474. The molecule has 7 heteroatoms. The lowest BCUT2D eigenvalue weighted by atomic mass is 10.2. The molecule has 1 aromatic heterocycles. The van der Waals surface area contributed by atoms with Gasteiger partial charge in [-0.3, -0.25) is 0 Å². The molecule has 6 nitrogen and oxygen atoms in total. The first-order valence-electron chi connectivity index (χ1n) is 5.16. The molecule has 1 heterocycles. The molecule has 0 saturated carbocycles. The average Bonchev–Trinajstić information content (AvgIpc) is 2.67. The zero-order valence-corrected chi connectivity index (χ0v) is 11.0. The molecule has 0 amide bonds. The summed E-state index contributed by atoms with van der Waals surface area (Å²) in [5.74, 6) is 0.0516. The molecule has 0 aliphatic heterocycles. The van der Waals surface area contributed by atoms with Gasteiger partial charge < -0.3 is 20.5 Å². The molecule has 1 rings (SSSR count). The number of nitrogens with one attached hydrogen (secondary N) is 1. The summed E-state index contributed by atoms with van der Waals surface area (Å²) in [4.78, 5) is 11.5. The number of nitrogens with zero attached hydrogens (tertiary/aromatic N) is 1. The Morgan fingerprint density at radius 3 is 2.88 bits per heavy atom. The number of carbonyl (C=O) groups excluding carboxylic acids is 1. The fraction of sp³-hybridized carbons (Fsp3) is 0.600. The highest BCUT2D eigenvalue weighted by Crippen LogP contribution is 2.27. The van der Waals surface area contributed by atoms with Crippen molar-refractivity contribution in [3.8, 4) is 0 Å². The van der Waals surface area contributed by atoms with E-state index in [2.05, 4.69) is 14.4 Å². The summed E-state index contributed by atoms with van der Waals surface area (Å²) in [5, 5.41) is 3.77. The molecule has 0 saturated heterocycles. The van der Waals surface area contributed by atoms with Crippen LogP contribution in [0, 0.1) is 5.92 Å². The molecule has 96 valence electrons. The number of nitrogen functional groups attached to an aromatic ring is 1. The zero-order chi connectivity index (χ0) is 12.8. The van der Waals surface area contributed by atoms with E-state index >= 15 is 0 Å². The molecule has 0 aromatic carbocycles. The summed E-state index contributed by atoms with van der Waals surface area (Å²) in [7, 11) is 2.97. The summed E-state index contributed by atoms with van der Waals surface area (Å²) in [6, 6.07) is 0. The number of nitrogens with two attached hydrogens (primary N) is 1. The first-order valence-corrected chi connectivity index (χ1v) is 5.93. The van der Waals surface area contributed by atoms with Gasteiger partial charge in [0.2, 0.25) is 0 Å². The van der Waals surface area contributed by atoms with Gasteiger partial charge in [0.15, 0.2) is 5.82 Å². The van der Waals surface area contributed by atoms with Crippen molar-refractivity contribution in [3.63, 3.8) is 0 Å². The van der Waals surface area contributed by atoms with Crippen molar-refractivity contribution < 1.29 is 14.3 Å². The van der Waals surface area contributed by atoms with Crippen LogP contribution in [-0.4, -0.2) is 37.7 Å². The number of hydrogen-bond acceptors (Lipinski definition) is 7. The third-order valence-electron chi connectivity index (χ3n) is 2.17. The lowest BCUT2D eigenvalue weighted by Crippen LogP contribution is -2.17. The van der Waals surface area contributed by atoms with Gasteiger partial charge in [-0.25, -0.2) is 4.79 Å². The molecule has 0 aliphatic rings. The fourth-order valence-electron chi connectivity index (χ4n) is 1.33. The van der Waals surface area contributed by atoms with Crippen LogP contribution < -0.4 is 11.1 Å². The van der Waals surface area contributed by atoms with Crippen LogP contribution in [0.3, 0.4) is 0 Å². The van der Waals surface area contributed by atoms with Crippen LogP contribution in [0.2, 0.25) is 0 Å². The first-order chi connectivity index (χ1) is 8.10. The van der Waals surface area contributed by atoms with Gasteiger partial charge in [-0.1, -0.05) is 6.92 Å². The second-order valence-corrected chi connectivity index (χ2v) is 4.48. The number of methoxy groups -OCH3 is 2. The van der Waals surface area contributed by atoms with E-state index in [1.165, 1.54) is 7.11 Å². The van der Waals surface area contributed by atoms with Gasteiger partial charge in [-0.15, -0.1) is 0 Å². The average molecular weight is 259 g/mol. The highest BCUT2D eigenvalue weighted by atomic mass is 32.1. The Morgan fingerprint density at radius 2 is 2.29 bits per heavy atom. The zero-order valence-electron chi connectivity index (χ0n) is 10.1. The maximum Gasteiger partial charge on any atom is 0.344 e. The van der Waals surface area contributed by atoms with Crippen LogP contribution in [0.25, 0.3) is 0 Å². The van der Waals surface area contributed by atoms with E-state index in [0.29, 0.717) is 29.6 Å². The fourth-order valence-corrected chi connectivity index (χ4v) is 2.04. The monoisotopic (exact) mass is 259 g/mol. The van der Waals surface area contributed by atoms with Crippen LogP contribution in [0.1, 0.15) is 17.3 Å². The van der Waals surface area contributed by atoms with Crippen LogP contribution in [0.5, 0.6) is 0 Å². The Kier molecular flexibility index (Phi) is 5.17. The minimum absolute atomic E-state index is 0.198. The van der Waals surface area contributed by atoms with E-state index in [1.807, 2.05) is 6.92 Å². The van der Waals surface area contributed by atoms with E-state index in [0.717, 1.165) is 11.5 Å². The van der Waals surface area contributed by atoms with Crippen molar-refractivity contribution in [2.75, 3.05) is 38.4 Å². The van der Waals surface area contributed by atoms with Gasteiger partial charge in [0, 0.05) is 13.7 Å². The second-order valence-electron chi connectivity index (χ2n) is 3.70. The van der Waals surface area contributed by atoms with Crippen LogP contribution in [0.4, 0.5) is 10.8 Å². The summed E-state index contributed by atoms with van der Waals surface area (Å²) in [6.07, 6.45) is 0. The predicted octanol–water partition coefficient (Wildman–Crippen LogP) is 1.21. The van der Waals surface area contributed by atoms with Crippen molar-refractivity contribution in [2.45, 2.75) is 6.92 Å². The predicted molar refractivity (Wildman–Crippen MR) is 67.4 cm³/mol. The largest absolute Gasteiger partial charge is 0.465 e. The Labute approximate surface area is 104 Å². The van der Waals surface area contributed by atoms with E-state index in [4.69, 9.17) is 10.5 Å². The van der Waals surface area contributed by atoms with Crippen LogP contribution in [0.15, 0.2) is 0 Å². The van der Waals surface area contributed by atoms with Crippen LogP contribution >= 0.6 is 11.5 Å². The van der Waals surface area contributed by atoms with E-state index < -0.39 is 5.97 Å². The van der Waals surface area contributed by atoms with Crippen LogP contribution in [-0.2, 0) is 9.47 Å². The molecule has 0 spiro atoms. The lowest BCUT2D eigenvalue weighted by molar-refractivity contribution is 0.0603. The molecule has 1 unspecified atom stereocenters. The summed E-state index contributed by atoms with van der Waals surface area (Å²) in [6.45, 7) is 3.37. The Bertz CT molecular complexity index is 381. The Hall–Kier alpha value is -1.34.